The lowest BCUT2D eigenvalue weighted by atomic mass is 10.3. The minimum absolute atomic E-state index is 0. The van der Waals surface area contributed by atoms with E-state index in [1.54, 1.807) is 0 Å². The number of rotatable bonds is 6. The molecule has 2 N–H and O–H groups in total. The van der Waals surface area contributed by atoms with Gasteiger partial charge in [0, 0.05) is 0 Å². The van der Waals surface area contributed by atoms with Crippen LogP contribution in [0.4, 0.5) is 4.79 Å². The summed E-state index contributed by atoms with van der Waals surface area (Å²) in [4.78, 5) is 10.3. The fourth-order valence-electron chi connectivity index (χ4n) is 1.49. The summed E-state index contributed by atoms with van der Waals surface area (Å²) in [5.74, 6) is 0. The quantitative estimate of drug-likeness (QED) is 0.565. The first-order valence-electron chi connectivity index (χ1n) is 4.87. The van der Waals surface area contributed by atoms with Crippen molar-refractivity contribution in [2.24, 2.45) is 5.73 Å². The van der Waals surface area contributed by atoms with Gasteiger partial charge < -0.3 is 31.9 Å². The van der Waals surface area contributed by atoms with Crippen molar-refractivity contribution in [1.29, 1.82) is 0 Å². The van der Waals surface area contributed by atoms with Crippen LogP contribution in [0.15, 0.2) is 0 Å². The highest BCUT2D eigenvalue weighted by Gasteiger charge is 2.20. The highest BCUT2D eigenvalue weighted by Crippen LogP contribution is 2.04. The Bertz CT molecular complexity index is 153. The molecule has 4 nitrogen and oxygen atoms in total. The van der Waals surface area contributed by atoms with Crippen LogP contribution in [-0.4, -0.2) is 43.4 Å². The van der Waals surface area contributed by atoms with Gasteiger partial charge in [0.2, 0.25) is 0 Å². The van der Waals surface area contributed by atoms with Gasteiger partial charge in [-0.2, -0.15) is 0 Å². The van der Waals surface area contributed by atoms with Crippen molar-refractivity contribution in [3.05, 3.63) is 0 Å². The van der Waals surface area contributed by atoms with Gasteiger partial charge in [0.05, 0.1) is 19.6 Å². The van der Waals surface area contributed by atoms with Crippen LogP contribution in [0.3, 0.4) is 0 Å². The smallest absolute Gasteiger partial charge is 0.404 e. The van der Waals surface area contributed by atoms with Gasteiger partial charge in [0.25, 0.3) is 0 Å². The highest BCUT2D eigenvalue weighted by atomic mass is 79.9. The molecule has 0 aliphatic heterocycles. The van der Waals surface area contributed by atoms with E-state index in [-0.39, 0.29) is 17.0 Å². The number of nitrogens with two attached hydrogens (primary N) is 1. The Morgan fingerprint density at radius 3 is 1.93 bits per heavy atom. The Hall–Kier alpha value is -0.290. The minimum Gasteiger partial charge on any atom is -1.00 e. The Labute approximate surface area is 96.8 Å². The maximum absolute atomic E-state index is 10.3. The summed E-state index contributed by atoms with van der Waals surface area (Å²) in [6.07, 6.45) is -0.679. The third-order valence-corrected chi connectivity index (χ3v) is 2.82. The molecule has 0 fully saturated rings. The highest BCUT2D eigenvalue weighted by molar-refractivity contribution is 5.64. The topological polar surface area (TPSA) is 52.3 Å². The van der Waals surface area contributed by atoms with Crippen LogP contribution in [0.2, 0.25) is 0 Å². The van der Waals surface area contributed by atoms with Crippen LogP contribution in [0.1, 0.15) is 20.8 Å². The predicted octanol–water partition coefficient (Wildman–Crippen LogP) is -2.04. The molecule has 0 saturated carbocycles. The molecule has 0 aliphatic carbocycles. The van der Waals surface area contributed by atoms with Crippen molar-refractivity contribution < 1.29 is 31.0 Å². The van der Waals surface area contributed by atoms with Crippen molar-refractivity contribution in [3.63, 3.8) is 0 Å². The molecule has 5 heteroatoms. The number of carbonyl (C=O) groups excluding carboxylic acids is 1. The molecular formula is C9H21BrN2O2. The summed E-state index contributed by atoms with van der Waals surface area (Å²) < 4.78 is 5.71. The van der Waals surface area contributed by atoms with Crippen LogP contribution in [0.25, 0.3) is 0 Å². The second kappa shape index (κ2) is 8.05. The SMILES string of the molecule is CC[N+](CC)(CC)CCOC(N)=O.[Br-]. The summed E-state index contributed by atoms with van der Waals surface area (Å²) in [5, 5.41) is 0. The van der Waals surface area contributed by atoms with Crippen LogP contribution in [-0.2, 0) is 4.74 Å². The van der Waals surface area contributed by atoms with Crippen molar-refractivity contribution >= 4 is 6.09 Å². The normalized spacial score (nSPS) is 10.5. The van der Waals surface area contributed by atoms with E-state index >= 15 is 0 Å². The average Bonchev–Trinajstić information content (AvgIpc) is 2.13. The Kier molecular flexibility index (Phi) is 9.29. The lowest BCUT2D eigenvalue weighted by Crippen LogP contribution is -3.00. The van der Waals surface area contributed by atoms with E-state index in [0.29, 0.717) is 6.61 Å². The van der Waals surface area contributed by atoms with Gasteiger partial charge >= 0.3 is 6.09 Å². The fourth-order valence-corrected chi connectivity index (χ4v) is 1.49. The van der Waals surface area contributed by atoms with E-state index in [9.17, 15) is 4.79 Å². The van der Waals surface area contributed by atoms with Gasteiger partial charge in [-0.25, -0.2) is 4.79 Å². The monoisotopic (exact) mass is 268 g/mol. The number of quaternary nitrogens is 1. The zero-order chi connectivity index (χ0) is 10.3. The first-order chi connectivity index (χ1) is 6.10. The second-order valence-electron chi connectivity index (χ2n) is 3.18. The van der Waals surface area contributed by atoms with Crippen LogP contribution in [0.5, 0.6) is 0 Å². The molecule has 0 aromatic rings. The van der Waals surface area contributed by atoms with Crippen molar-refractivity contribution in [2.45, 2.75) is 20.8 Å². The number of amides is 1. The van der Waals surface area contributed by atoms with Crippen molar-refractivity contribution in [3.8, 4) is 0 Å². The van der Waals surface area contributed by atoms with Crippen LogP contribution in [0, 0.1) is 0 Å². The molecule has 0 saturated heterocycles. The summed E-state index contributed by atoms with van der Waals surface area (Å²) in [7, 11) is 0. The van der Waals surface area contributed by atoms with Gasteiger partial charge in [-0.3, -0.25) is 0 Å². The zero-order valence-electron chi connectivity index (χ0n) is 9.25. The number of ether oxygens (including phenoxy) is 1. The molecule has 0 aromatic carbocycles. The second-order valence-corrected chi connectivity index (χ2v) is 3.18. The molecule has 0 atom stereocenters. The van der Waals surface area contributed by atoms with Gasteiger partial charge in [0.15, 0.2) is 0 Å². The van der Waals surface area contributed by atoms with E-state index in [1.165, 1.54) is 0 Å². The van der Waals surface area contributed by atoms with Crippen molar-refractivity contribution in [1.82, 2.24) is 0 Å². The zero-order valence-corrected chi connectivity index (χ0v) is 10.8. The van der Waals surface area contributed by atoms with Gasteiger partial charge in [-0.15, -0.1) is 0 Å². The van der Waals surface area contributed by atoms with Gasteiger partial charge in [-0.1, -0.05) is 0 Å². The number of primary amides is 1. The summed E-state index contributed by atoms with van der Waals surface area (Å²) in [5.41, 5.74) is 4.88. The number of halogens is 1. The number of hydrogen-bond donors (Lipinski definition) is 1. The summed E-state index contributed by atoms with van der Waals surface area (Å²) in [6, 6.07) is 0. The minimum atomic E-state index is -0.679. The lowest BCUT2D eigenvalue weighted by molar-refractivity contribution is -0.923. The molecule has 0 aromatic heterocycles. The Balaban J connectivity index is 0. The number of hydrogen-bond acceptors (Lipinski definition) is 2. The summed E-state index contributed by atoms with van der Waals surface area (Å²) >= 11 is 0. The third kappa shape index (κ3) is 5.44. The molecule has 0 unspecified atom stereocenters. The van der Waals surface area contributed by atoms with E-state index in [1.807, 2.05) is 0 Å². The molecule has 0 heterocycles. The molecule has 0 spiro atoms. The third-order valence-electron chi connectivity index (χ3n) is 2.82. The van der Waals surface area contributed by atoms with E-state index in [4.69, 9.17) is 10.5 Å². The molecule has 0 bridgehead atoms. The maximum atomic E-state index is 10.3. The maximum Gasteiger partial charge on any atom is 0.404 e. The Morgan fingerprint density at radius 1 is 1.21 bits per heavy atom. The standard InChI is InChI=1S/C9H20N2O2.BrH/c1-4-11(5-2,6-3)7-8-13-9(10)12;/h4-8H2,1-3H3,(H-,10,12);1H. The molecule has 0 radical (unpaired) electrons. The molecule has 86 valence electrons. The van der Waals surface area contributed by atoms with Crippen LogP contribution >= 0.6 is 0 Å². The van der Waals surface area contributed by atoms with Crippen molar-refractivity contribution in [2.75, 3.05) is 32.8 Å². The molecule has 14 heavy (non-hydrogen) atoms. The lowest BCUT2D eigenvalue weighted by Gasteiger charge is -2.35. The fraction of sp³-hybridized carbons (Fsp3) is 0.889. The number of likely N-dealkylation sites (N-methyl/N-ethyl adjacent to an activating group) is 1. The van der Waals surface area contributed by atoms with Gasteiger partial charge in [0.1, 0.15) is 13.2 Å². The molecule has 0 rings (SSSR count). The molecular weight excluding hydrogens is 248 g/mol. The molecule has 0 aliphatic rings. The first-order valence-corrected chi connectivity index (χ1v) is 4.87. The Morgan fingerprint density at radius 2 is 1.64 bits per heavy atom. The van der Waals surface area contributed by atoms with Crippen LogP contribution < -0.4 is 22.7 Å². The number of carbonyl (C=O) groups is 1. The molecule has 1 amide bonds. The largest absolute Gasteiger partial charge is 1.00 e. The van der Waals surface area contributed by atoms with Gasteiger partial charge in [-0.05, 0) is 20.8 Å². The van der Waals surface area contributed by atoms with E-state index in [0.717, 1.165) is 30.7 Å². The predicted molar refractivity (Wildman–Crippen MR) is 52.3 cm³/mol. The van der Waals surface area contributed by atoms with E-state index in [2.05, 4.69) is 20.8 Å². The van der Waals surface area contributed by atoms with E-state index < -0.39 is 6.09 Å². The summed E-state index contributed by atoms with van der Waals surface area (Å²) in [6.45, 7) is 10.9. The first kappa shape index (κ1) is 16.2. The average molecular weight is 269 g/mol. The number of nitrogens with zero attached hydrogens (tertiary/aromatic N) is 1.